The number of aromatic nitrogens is 5. The monoisotopic (exact) mass is 242 g/mol. The normalized spacial score (nSPS) is 9.31. The van der Waals surface area contributed by atoms with Gasteiger partial charge in [0.05, 0.1) is 0 Å². The first-order valence-corrected chi connectivity index (χ1v) is 4.01. The van der Waals surface area contributed by atoms with Crippen molar-refractivity contribution >= 4 is 15.9 Å². The molecule has 0 saturated carbocycles. The summed E-state index contributed by atoms with van der Waals surface area (Å²) in [6.07, 6.45) is 1.69. The molecule has 0 fully saturated rings. The first kappa shape index (κ1) is 9.75. The molecule has 6 nitrogen and oxygen atoms in total. The third kappa shape index (κ3) is 2.07. The number of pyridine rings is 1. The standard InChI is InChI=1S/C6H4BrN5.H3N/c7-4-1-2-5(8-3-4)6-9-11-12-10-6;/h1-3H,(H,9,10,11,12);1H3. The predicted octanol–water partition coefficient (Wildman–Crippen LogP) is 1.19. The predicted molar refractivity (Wildman–Crippen MR) is 50.1 cm³/mol. The highest BCUT2D eigenvalue weighted by molar-refractivity contribution is 9.10. The van der Waals surface area contributed by atoms with Crippen LogP contribution in [-0.2, 0) is 0 Å². The maximum atomic E-state index is 4.09. The molecule has 68 valence electrons. The Kier molecular flexibility index (Phi) is 3.04. The molecule has 4 N–H and O–H groups in total. The molecule has 0 atom stereocenters. The molecule has 0 aliphatic carbocycles. The highest BCUT2D eigenvalue weighted by Gasteiger charge is 2.02. The van der Waals surface area contributed by atoms with Crippen molar-refractivity contribution in [1.29, 1.82) is 0 Å². The zero-order valence-corrected chi connectivity index (χ0v) is 8.19. The number of aromatic amines is 1. The Morgan fingerprint density at radius 2 is 2.15 bits per heavy atom. The molecule has 0 aromatic carbocycles. The van der Waals surface area contributed by atoms with Gasteiger partial charge in [0.1, 0.15) is 5.69 Å². The molecule has 7 heteroatoms. The van der Waals surface area contributed by atoms with Gasteiger partial charge in [-0.1, -0.05) is 0 Å². The van der Waals surface area contributed by atoms with Gasteiger partial charge in [0.15, 0.2) is 0 Å². The van der Waals surface area contributed by atoms with Gasteiger partial charge in [0.25, 0.3) is 0 Å². The molecule has 0 aliphatic rings. The lowest BCUT2D eigenvalue weighted by Crippen LogP contribution is -1.84. The van der Waals surface area contributed by atoms with Crippen molar-refractivity contribution in [2.75, 3.05) is 0 Å². The van der Waals surface area contributed by atoms with E-state index in [1.807, 2.05) is 12.1 Å². The van der Waals surface area contributed by atoms with Gasteiger partial charge in [0, 0.05) is 10.7 Å². The molecular formula is C6H7BrN6. The minimum atomic E-state index is 0. The third-order valence-corrected chi connectivity index (χ3v) is 1.77. The summed E-state index contributed by atoms with van der Waals surface area (Å²) < 4.78 is 0.926. The molecule has 2 heterocycles. The Bertz CT molecular complexity index is 355. The molecule has 0 aliphatic heterocycles. The summed E-state index contributed by atoms with van der Waals surface area (Å²) in [4.78, 5) is 4.09. The Hall–Kier alpha value is -1.34. The van der Waals surface area contributed by atoms with E-state index in [1.165, 1.54) is 0 Å². The number of hydrogen-bond acceptors (Lipinski definition) is 5. The molecule has 0 radical (unpaired) electrons. The van der Waals surface area contributed by atoms with E-state index < -0.39 is 0 Å². The van der Waals surface area contributed by atoms with E-state index in [-0.39, 0.29) is 6.15 Å². The molecular weight excluding hydrogens is 236 g/mol. The number of H-pyrrole nitrogens is 1. The second-order valence-corrected chi connectivity index (χ2v) is 3.01. The summed E-state index contributed by atoms with van der Waals surface area (Å²) in [5.41, 5.74) is 0.701. The lowest BCUT2D eigenvalue weighted by molar-refractivity contribution is 0.881. The number of tetrazole rings is 1. The molecule has 2 rings (SSSR count). The van der Waals surface area contributed by atoms with E-state index in [4.69, 9.17) is 0 Å². The molecule has 2 aromatic heterocycles. The van der Waals surface area contributed by atoms with Gasteiger partial charge in [-0.2, -0.15) is 5.21 Å². The van der Waals surface area contributed by atoms with Gasteiger partial charge in [-0.05, 0) is 33.3 Å². The van der Waals surface area contributed by atoms with Crippen LogP contribution in [0.2, 0.25) is 0 Å². The largest absolute Gasteiger partial charge is 0.344 e. The number of hydrogen-bond donors (Lipinski definition) is 2. The van der Waals surface area contributed by atoms with Crippen molar-refractivity contribution in [3.8, 4) is 11.5 Å². The van der Waals surface area contributed by atoms with Crippen molar-refractivity contribution in [3.63, 3.8) is 0 Å². The van der Waals surface area contributed by atoms with Crippen molar-refractivity contribution in [2.45, 2.75) is 0 Å². The van der Waals surface area contributed by atoms with Crippen LogP contribution < -0.4 is 6.15 Å². The van der Waals surface area contributed by atoms with Crippen LogP contribution in [0.1, 0.15) is 0 Å². The minimum absolute atomic E-state index is 0. The van der Waals surface area contributed by atoms with E-state index in [9.17, 15) is 0 Å². The number of nitrogens with zero attached hydrogens (tertiary/aromatic N) is 4. The molecule has 0 unspecified atom stereocenters. The van der Waals surface area contributed by atoms with Gasteiger partial charge in [-0.15, -0.1) is 10.2 Å². The lowest BCUT2D eigenvalue weighted by atomic mass is 10.3. The fourth-order valence-electron chi connectivity index (χ4n) is 0.778. The Morgan fingerprint density at radius 3 is 2.69 bits per heavy atom. The third-order valence-electron chi connectivity index (χ3n) is 1.30. The highest BCUT2D eigenvalue weighted by atomic mass is 79.9. The first-order valence-electron chi connectivity index (χ1n) is 3.21. The average Bonchev–Trinajstić information content (AvgIpc) is 2.58. The summed E-state index contributed by atoms with van der Waals surface area (Å²) in [6, 6.07) is 3.69. The summed E-state index contributed by atoms with van der Waals surface area (Å²) in [5.74, 6) is 0.502. The maximum Gasteiger partial charge on any atom is 0.222 e. The molecule has 0 spiro atoms. The van der Waals surface area contributed by atoms with E-state index >= 15 is 0 Å². The fourth-order valence-corrected chi connectivity index (χ4v) is 1.01. The van der Waals surface area contributed by atoms with Crippen LogP contribution in [0.15, 0.2) is 22.8 Å². The average molecular weight is 243 g/mol. The molecule has 13 heavy (non-hydrogen) atoms. The van der Waals surface area contributed by atoms with Crippen molar-refractivity contribution < 1.29 is 0 Å². The van der Waals surface area contributed by atoms with E-state index in [0.29, 0.717) is 11.5 Å². The zero-order valence-electron chi connectivity index (χ0n) is 6.61. The van der Waals surface area contributed by atoms with Crippen molar-refractivity contribution in [1.82, 2.24) is 31.8 Å². The van der Waals surface area contributed by atoms with Gasteiger partial charge in [-0.3, -0.25) is 4.98 Å². The van der Waals surface area contributed by atoms with Gasteiger partial charge in [-0.25, -0.2) is 0 Å². The summed E-state index contributed by atoms with van der Waals surface area (Å²) >= 11 is 3.28. The van der Waals surface area contributed by atoms with Crippen LogP contribution in [0.3, 0.4) is 0 Å². The lowest BCUT2D eigenvalue weighted by Gasteiger charge is -1.91. The molecule has 0 saturated heterocycles. The van der Waals surface area contributed by atoms with E-state index in [2.05, 4.69) is 41.5 Å². The van der Waals surface area contributed by atoms with Crippen LogP contribution >= 0.6 is 15.9 Å². The van der Waals surface area contributed by atoms with Gasteiger partial charge >= 0.3 is 0 Å². The first-order chi connectivity index (χ1) is 5.86. The molecule has 0 amide bonds. The van der Waals surface area contributed by atoms with Crippen molar-refractivity contribution in [2.24, 2.45) is 0 Å². The highest BCUT2D eigenvalue weighted by Crippen LogP contribution is 2.13. The van der Waals surface area contributed by atoms with Crippen LogP contribution in [0, 0.1) is 0 Å². The van der Waals surface area contributed by atoms with E-state index in [1.54, 1.807) is 6.20 Å². The van der Waals surface area contributed by atoms with Crippen LogP contribution in [0.25, 0.3) is 11.5 Å². The van der Waals surface area contributed by atoms with Gasteiger partial charge in [0.2, 0.25) is 5.82 Å². The Labute approximate surface area is 82.5 Å². The number of halogens is 1. The minimum Gasteiger partial charge on any atom is -0.344 e. The maximum absolute atomic E-state index is 4.09. The number of nitrogens with one attached hydrogen (secondary N) is 1. The summed E-state index contributed by atoms with van der Waals surface area (Å²) in [6.45, 7) is 0. The summed E-state index contributed by atoms with van der Waals surface area (Å²) in [7, 11) is 0. The number of rotatable bonds is 1. The molecule has 0 bridgehead atoms. The van der Waals surface area contributed by atoms with Crippen molar-refractivity contribution in [3.05, 3.63) is 22.8 Å². The second kappa shape index (κ2) is 4.06. The van der Waals surface area contributed by atoms with Crippen LogP contribution in [-0.4, -0.2) is 25.6 Å². The Balaban J connectivity index is 0.000000845. The van der Waals surface area contributed by atoms with Gasteiger partial charge < -0.3 is 6.15 Å². The SMILES string of the molecule is Brc1ccc(-c2nn[nH]n2)nc1.N. The zero-order chi connectivity index (χ0) is 8.39. The quantitative estimate of drug-likeness (QED) is 0.782. The Morgan fingerprint density at radius 1 is 1.31 bits per heavy atom. The smallest absolute Gasteiger partial charge is 0.222 e. The van der Waals surface area contributed by atoms with E-state index in [0.717, 1.165) is 4.47 Å². The van der Waals surface area contributed by atoms with Crippen LogP contribution in [0.5, 0.6) is 0 Å². The summed E-state index contributed by atoms with van der Waals surface area (Å²) in [5, 5.41) is 13.4. The fraction of sp³-hybridized carbons (Fsp3) is 0. The topological polar surface area (TPSA) is 102 Å². The molecule has 2 aromatic rings. The van der Waals surface area contributed by atoms with Crippen LogP contribution in [0.4, 0.5) is 0 Å². The second-order valence-electron chi connectivity index (χ2n) is 2.10.